The molecule has 1 aromatic carbocycles. The summed E-state index contributed by atoms with van der Waals surface area (Å²) in [5.41, 5.74) is 7.37. The van der Waals surface area contributed by atoms with Gasteiger partial charge in [-0.1, -0.05) is 12.1 Å². The number of ether oxygens (including phenoxy) is 1. The number of hydrogen-bond donors (Lipinski definition) is 2. The van der Waals surface area contributed by atoms with E-state index in [1.807, 2.05) is 58.0 Å². The number of rotatable bonds is 2. The van der Waals surface area contributed by atoms with Crippen LogP contribution in [-0.2, 0) is 4.74 Å². The van der Waals surface area contributed by atoms with E-state index in [2.05, 4.69) is 15.8 Å². The van der Waals surface area contributed by atoms with Crippen molar-refractivity contribution in [3.63, 3.8) is 0 Å². The maximum atomic E-state index is 11.5. The van der Waals surface area contributed by atoms with Crippen molar-refractivity contribution in [3.05, 3.63) is 36.0 Å². The minimum Gasteiger partial charge on any atom is -0.443 e. The van der Waals surface area contributed by atoms with Gasteiger partial charge < -0.3 is 4.74 Å². The summed E-state index contributed by atoms with van der Waals surface area (Å²) in [4.78, 5) is 16.0. The standard InChI is InChI=1S/C15H19N3O2/c1-10-5-6-11-7-8-12(9-13(11)16-10)17-18-14(19)20-15(2,3)4/h5-9,17H,1-4H3,(H,18,19). The zero-order chi connectivity index (χ0) is 14.8. The minimum absolute atomic E-state index is 0.519. The molecule has 0 spiro atoms. The Morgan fingerprint density at radius 3 is 2.60 bits per heavy atom. The quantitative estimate of drug-likeness (QED) is 0.823. The summed E-state index contributed by atoms with van der Waals surface area (Å²) in [7, 11) is 0. The number of carbonyl (C=O) groups excluding carboxylic acids is 1. The van der Waals surface area contributed by atoms with Gasteiger partial charge in [0.15, 0.2) is 0 Å². The van der Waals surface area contributed by atoms with Gasteiger partial charge in [-0.25, -0.2) is 10.2 Å². The molecule has 2 N–H and O–H groups in total. The molecular formula is C15H19N3O2. The van der Waals surface area contributed by atoms with Crippen LogP contribution < -0.4 is 10.9 Å². The first-order valence-electron chi connectivity index (χ1n) is 6.46. The van der Waals surface area contributed by atoms with Gasteiger partial charge in [-0.2, -0.15) is 0 Å². The molecule has 0 fully saturated rings. The number of hydrazine groups is 1. The summed E-state index contributed by atoms with van der Waals surface area (Å²) >= 11 is 0. The molecule has 5 heteroatoms. The molecule has 0 bridgehead atoms. The Bertz CT molecular complexity index is 633. The Labute approximate surface area is 118 Å². The Morgan fingerprint density at radius 2 is 1.90 bits per heavy atom. The molecule has 1 amide bonds. The Kier molecular flexibility index (Phi) is 3.79. The van der Waals surface area contributed by atoms with Gasteiger partial charge >= 0.3 is 6.09 Å². The van der Waals surface area contributed by atoms with Crippen molar-refractivity contribution < 1.29 is 9.53 Å². The molecule has 0 aliphatic heterocycles. The first-order chi connectivity index (χ1) is 9.33. The molecule has 0 unspecified atom stereocenters. The van der Waals surface area contributed by atoms with Gasteiger partial charge in [0.05, 0.1) is 11.2 Å². The number of hydrogen-bond acceptors (Lipinski definition) is 4. The number of benzene rings is 1. The van der Waals surface area contributed by atoms with Crippen LogP contribution in [0.15, 0.2) is 30.3 Å². The van der Waals surface area contributed by atoms with Crippen LogP contribution in [0.4, 0.5) is 10.5 Å². The van der Waals surface area contributed by atoms with Gasteiger partial charge in [-0.15, -0.1) is 0 Å². The number of aryl methyl sites for hydroxylation is 1. The predicted molar refractivity (Wildman–Crippen MR) is 79.5 cm³/mol. The van der Waals surface area contributed by atoms with Crippen molar-refractivity contribution in [2.24, 2.45) is 0 Å². The zero-order valence-electron chi connectivity index (χ0n) is 12.2. The zero-order valence-corrected chi connectivity index (χ0v) is 12.2. The predicted octanol–water partition coefficient (Wildman–Crippen LogP) is 3.39. The van der Waals surface area contributed by atoms with E-state index in [0.717, 1.165) is 22.3 Å². The fraction of sp³-hybridized carbons (Fsp3) is 0.333. The molecular weight excluding hydrogens is 254 g/mol. The number of nitrogens with one attached hydrogen (secondary N) is 2. The average molecular weight is 273 g/mol. The van der Waals surface area contributed by atoms with Gasteiger partial charge in [0, 0.05) is 11.1 Å². The van der Waals surface area contributed by atoms with Crippen LogP contribution in [0.3, 0.4) is 0 Å². The van der Waals surface area contributed by atoms with E-state index in [4.69, 9.17) is 4.74 Å². The number of aromatic nitrogens is 1. The molecule has 0 saturated heterocycles. The van der Waals surface area contributed by atoms with E-state index in [1.54, 1.807) is 0 Å². The van der Waals surface area contributed by atoms with Crippen LogP contribution in [0.1, 0.15) is 26.5 Å². The molecule has 0 atom stereocenters. The first-order valence-corrected chi connectivity index (χ1v) is 6.46. The van der Waals surface area contributed by atoms with Crippen molar-refractivity contribution >= 4 is 22.7 Å². The van der Waals surface area contributed by atoms with E-state index in [0.29, 0.717) is 0 Å². The smallest absolute Gasteiger partial charge is 0.426 e. The Balaban J connectivity index is 2.05. The second-order valence-electron chi connectivity index (χ2n) is 5.61. The normalized spacial score (nSPS) is 11.2. The maximum Gasteiger partial charge on any atom is 0.426 e. The van der Waals surface area contributed by atoms with Gasteiger partial charge in [0.25, 0.3) is 0 Å². The number of fused-ring (bicyclic) bond motifs is 1. The number of carbonyl (C=O) groups is 1. The highest BCUT2D eigenvalue weighted by Crippen LogP contribution is 2.17. The molecule has 20 heavy (non-hydrogen) atoms. The number of pyridine rings is 1. The number of nitrogens with zero attached hydrogens (tertiary/aromatic N) is 1. The second-order valence-corrected chi connectivity index (χ2v) is 5.61. The molecule has 0 aliphatic rings. The van der Waals surface area contributed by atoms with E-state index < -0.39 is 11.7 Å². The Morgan fingerprint density at radius 1 is 1.20 bits per heavy atom. The largest absolute Gasteiger partial charge is 0.443 e. The summed E-state index contributed by atoms with van der Waals surface area (Å²) in [6.07, 6.45) is -0.519. The Hall–Kier alpha value is -2.30. The van der Waals surface area contributed by atoms with Crippen LogP contribution in [-0.4, -0.2) is 16.7 Å². The lowest BCUT2D eigenvalue weighted by Crippen LogP contribution is -2.35. The van der Waals surface area contributed by atoms with Crippen LogP contribution in [0.25, 0.3) is 10.9 Å². The molecule has 0 aliphatic carbocycles. The van der Waals surface area contributed by atoms with Gasteiger partial charge in [-0.3, -0.25) is 10.4 Å². The topological polar surface area (TPSA) is 63.2 Å². The third-order valence-corrected chi connectivity index (χ3v) is 2.54. The minimum atomic E-state index is -0.520. The van der Waals surface area contributed by atoms with E-state index >= 15 is 0 Å². The highest BCUT2D eigenvalue weighted by molar-refractivity contribution is 5.82. The van der Waals surface area contributed by atoms with Crippen molar-refractivity contribution in [2.45, 2.75) is 33.3 Å². The van der Waals surface area contributed by atoms with Gasteiger partial charge in [-0.05, 0) is 45.9 Å². The summed E-state index contributed by atoms with van der Waals surface area (Å²) in [5.74, 6) is 0. The van der Waals surface area contributed by atoms with Crippen LogP contribution in [0.5, 0.6) is 0 Å². The fourth-order valence-corrected chi connectivity index (χ4v) is 1.72. The van der Waals surface area contributed by atoms with Gasteiger partial charge in [0.2, 0.25) is 0 Å². The van der Waals surface area contributed by atoms with E-state index in [1.165, 1.54) is 0 Å². The summed E-state index contributed by atoms with van der Waals surface area (Å²) < 4.78 is 5.14. The van der Waals surface area contributed by atoms with E-state index in [9.17, 15) is 4.79 Å². The average Bonchev–Trinajstić information content (AvgIpc) is 2.33. The maximum absolute atomic E-state index is 11.5. The summed E-state index contributed by atoms with van der Waals surface area (Å²) in [5, 5.41) is 1.05. The summed E-state index contributed by atoms with van der Waals surface area (Å²) in [6.45, 7) is 7.39. The SMILES string of the molecule is Cc1ccc2ccc(NNC(=O)OC(C)(C)C)cc2n1. The van der Waals surface area contributed by atoms with Crippen LogP contribution in [0.2, 0.25) is 0 Å². The monoisotopic (exact) mass is 273 g/mol. The molecule has 0 saturated carbocycles. The number of anilines is 1. The van der Waals surface area contributed by atoms with Crippen molar-refractivity contribution in [1.82, 2.24) is 10.4 Å². The fourth-order valence-electron chi connectivity index (χ4n) is 1.72. The molecule has 5 nitrogen and oxygen atoms in total. The molecule has 2 aromatic rings. The third-order valence-electron chi connectivity index (χ3n) is 2.54. The number of amides is 1. The molecule has 2 rings (SSSR count). The molecule has 0 radical (unpaired) electrons. The molecule has 106 valence electrons. The van der Waals surface area contributed by atoms with Crippen LogP contribution in [0, 0.1) is 6.92 Å². The lowest BCUT2D eigenvalue weighted by atomic mass is 10.2. The lowest BCUT2D eigenvalue weighted by Gasteiger charge is -2.20. The van der Waals surface area contributed by atoms with Crippen molar-refractivity contribution in [2.75, 3.05) is 5.43 Å². The van der Waals surface area contributed by atoms with Crippen molar-refractivity contribution in [1.29, 1.82) is 0 Å². The summed E-state index contributed by atoms with van der Waals surface area (Å²) in [6, 6.07) is 9.68. The molecule has 1 heterocycles. The molecule has 1 aromatic heterocycles. The highest BCUT2D eigenvalue weighted by atomic mass is 16.6. The van der Waals surface area contributed by atoms with Gasteiger partial charge in [0.1, 0.15) is 5.60 Å². The van der Waals surface area contributed by atoms with E-state index in [-0.39, 0.29) is 0 Å². The first kappa shape index (κ1) is 14.1. The lowest BCUT2D eigenvalue weighted by molar-refractivity contribution is 0.0541. The second kappa shape index (κ2) is 5.36. The van der Waals surface area contributed by atoms with Crippen molar-refractivity contribution in [3.8, 4) is 0 Å². The highest BCUT2D eigenvalue weighted by Gasteiger charge is 2.15. The van der Waals surface area contributed by atoms with Crippen LogP contribution >= 0.6 is 0 Å². The third kappa shape index (κ3) is 3.85.